The fourth-order valence-electron chi connectivity index (χ4n) is 1.60. The lowest BCUT2D eigenvalue weighted by Crippen LogP contribution is -2.21. The quantitative estimate of drug-likeness (QED) is 0.746. The first kappa shape index (κ1) is 15.0. The third kappa shape index (κ3) is 5.06. The Hall–Kier alpha value is -1.07. The van der Waals surface area contributed by atoms with E-state index >= 15 is 0 Å². The summed E-state index contributed by atoms with van der Waals surface area (Å²) < 4.78 is 26.2. The Kier molecular flexibility index (Phi) is 5.62. The normalized spacial score (nSPS) is 11.5. The van der Waals surface area contributed by atoms with Crippen molar-refractivity contribution >= 4 is 15.7 Å². The van der Waals surface area contributed by atoms with Gasteiger partial charge in [0.05, 0.1) is 5.75 Å². The molecule has 0 saturated carbocycles. The van der Waals surface area contributed by atoms with Gasteiger partial charge in [0, 0.05) is 5.69 Å². The third-order valence-electron chi connectivity index (χ3n) is 2.80. The predicted octanol–water partition coefficient (Wildman–Crippen LogP) is 2.04. The van der Waals surface area contributed by atoms with Gasteiger partial charge >= 0.3 is 0 Å². The summed E-state index contributed by atoms with van der Waals surface area (Å²) in [5.41, 5.74) is 2.88. The van der Waals surface area contributed by atoms with Crippen molar-refractivity contribution in [3.63, 3.8) is 0 Å². The van der Waals surface area contributed by atoms with Crippen molar-refractivity contribution in [2.45, 2.75) is 27.2 Å². The molecular weight excluding hydrogens is 248 g/mol. The summed E-state index contributed by atoms with van der Waals surface area (Å²) in [6.07, 6.45) is 0.619. The Labute approximate surface area is 110 Å². The summed E-state index contributed by atoms with van der Waals surface area (Å²) in [5, 5.41) is 3.11. The molecular formula is C13H22N2O2S. The van der Waals surface area contributed by atoms with Gasteiger partial charge in [0.1, 0.15) is 0 Å². The van der Waals surface area contributed by atoms with Gasteiger partial charge in [0.25, 0.3) is 0 Å². The number of nitrogens with one attached hydrogen (secondary N) is 2. The second kappa shape index (κ2) is 6.75. The van der Waals surface area contributed by atoms with Crippen LogP contribution in [0.5, 0.6) is 0 Å². The zero-order valence-electron chi connectivity index (χ0n) is 11.3. The van der Waals surface area contributed by atoms with Gasteiger partial charge in [-0.1, -0.05) is 13.0 Å². The van der Waals surface area contributed by atoms with Gasteiger partial charge in [-0.25, -0.2) is 8.42 Å². The number of aryl methyl sites for hydroxylation is 2. The van der Waals surface area contributed by atoms with E-state index < -0.39 is 10.0 Å². The maximum atomic E-state index is 11.8. The molecule has 0 atom stereocenters. The number of hydrogen-bond donors (Lipinski definition) is 2. The fourth-order valence-corrected chi connectivity index (χ4v) is 2.71. The number of rotatable bonds is 7. The molecule has 0 saturated heterocycles. The molecule has 2 N–H and O–H groups in total. The van der Waals surface area contributed by atoms with Crippen LogP contribution in [0.1, 0.15) is 24.5 Å². The predicted molar refractivity (Wildman–Crippen MR) is 76.5 cm³/mol. The van der Waals surface area contributed by atoms with Crippen LogP contribution in [0.3, 0.4) is 0 Å². The fraction of sp³-hybridized carbons (Fsp3) is 0.538. The average molecular weight is 270 g/mol. The van der Waals surface area contributed by atoms with Crippen LogP contribution in [0.25, 0.3) is 0 Å². The lowest BCUT2D eigenvalue weighted by Gasteiger charge is -2.09. The number of anilines is 1. The molecule has 0 spiro atoms. The molecule has 1 aromatic carbocycles. The molecule has 18 heavy (non-hydrogen) atoms. The first-order valence-electron chi connectivity index (χ1n) is 6.23. The zero-order chi connectivity index (χ0) is 13.6. The molecule has 1 rings (SSSR count). The van der Waals surface area contributed by atoms with Gasteiger partial charge in [-0.3, -0.25) is 4.72 Å². The minimum Gasteiger partial charge on any atom is -0.317 e. The molecule has 0 aromatic heterocycles. The summed E-state index contributed by atoms with van der Waals surface area (Å²) in [5.74, 6) is 0.146. The Bertz CT molecular complexity index is 484. The zero-order valence-corrected chi connectivity index (χ0v) is 12.1. The third-order valence-corrected chi connectivity index (χ3v) is 4.17. The second-order valence-electron chi connectivity index (χ2n) is 4.43. The minimum atomic E-state index is -3.23. The van der Waals surface area contributed by atoms with Crippen LogP contribution < -0.4 is 10.0 Å². The van der Waals surface area contributed by atoms with Gasteiger partial charge in [-0.15, -0.1) is 0 Å². The molecule has 0 bridgehead atoms. The number of sulfonamides is 1. The molecule has 0 radical (unpaired) electrons. The minimum absolute atomic E-state index is 0.146. The molecule has 102 valence electrons. The lowest BCUT2D eigenvalue weighted by molar-refractivity contribution is 0.595. The van der Waals surface area contributed by atoms with Crippen LogP contribution in [-0.4, -0.2) is 27.3 Å². The summed E-state index contributed by atoms with van der Waals surface area (Å²) in [4.78, 5) is 0. The standard InChI is InChI=1S/C13H22N2O2S/c1-4-14-8-5-9-18(16,17)15-13-7-6-11(2)12(3)10-13/h6-7,10,14-15H,4-5,8-9H2,1-3H3. The topological polar surface area (TPSA) is 58.2 Å². The van der Waals surface area contributed by atoms with E-state index in [9.17, 15) is 8.42 Å². The van der Waals surface area contributed by atoms with E-state index in [4.69, 9.17) is 0 Å². The van der Waals surface area contributed by atoms with E-state index in [1.165, 1.54) is 0 Å². The first-order valence-corrected chi connectivity index (χ1v) is 7.88. The Morgan fingerprint density at radius 2 is 1.89 bits per heavy atom. The van der Waals surface area contributed by atoms with E-state index in [1.54, 1.807) is 6.07 Å². The molecule has 0 aliphatic carbocycles. The van der Waals surface area contributed by atoms with Crippen molar-refractivity contribution in [2.24, 2.45) is 0 Å². The van der Waals surface area contributed by atoms with E-state index in [0.717, 1.165) is 24.2 Å². The van der Waals surface area contributed by atoms with Gasteiger partial charge in [-0.2, -0.15) is 0 Å². The van der Waals surface area contributed by atoms with Crippen molar-refractivity contribution in [2.75, 3.05) is 23.6 Å². The van der Waals surface area contributed by atoms with E-state index in [0.29, 0.717) is 12.1 Å². The SMILES string of the molecule is CCNCCCS(=O)(=O)Nc1ccc(C)c(C)c1. The average Bonchev–Trinajstić information content (AvgIpc) is 2.29. The van der Waals surface area contributed by atoms with Gasteiger partial charge in [-0.05, 0) is 56.6 Å². The molecule has 0 amide bonds. The van der Waals surface area contributed by atoms with Crippen molar-refractivity contribution in [3.05, 3.63) is 29.3 Å². The van der Waals surface area contributed by atoms with Crippen molar-refractivity contribution < 1.29 is 8.42 Å². The van der Waals surface area contributed by atoms with E-state index in [-0.39, 0.29) is 5.75 Å². The highest BCUT2D eigenvalue weighted by molar-refractivity contribution is 7.92. The Morgan fingerprint density at radius 1 is 1.17 bits per heavy atom. The Balaban J connectivity index is 2.56. The highest BCUT2D eigenvalue weighted by Gasteiger charge is 2.10. The van der Waals surface area contributed by atoms with Crippen molar-refractivity contribution in [1.29, 1.82) is 0 Å². The van der Waals surface area contributed by atoms with Crippen LogP contribution in [-0.2, 0) is 10.0 Å². The second-order valence-corrected chi connectivity index (χ2v) is 6.27. The Morgan fingerprint density at radius 3 is 2.50 bits per heavy atom. The number of hydrogen-bond acceptors (Lipinski definition) is 3. The summed E-state index contributed by atoms with van der Waals surface area (Å²) in [6.45, 7) is 7.57. The molecule has 0 aliphatic heterocycles. The van der Waals surface area contributed by atoms with Gasteiger partial charge < -0.3 is 5.32 Å². The first-order chi connectivity index (χ1) is 8.44. The van der Waals surface area contributed by atoms with E-state index in [2.05, 4.69) is 10.0 Å². The van der Waals surface area contributed by atoms with Crippen LogP contribution >= 0.6 is 0 Å². The monoisotopic (exact) mass is 270 g/mol. The summed E-state index contributed by atoms with van der Waals surface area (Å²) in [7, 11) is -3.23. The molecule has 5 heteroatoms. The molecule has 0 fully saturated rings. The van der Waals surface area contributed by atoms with Crippen LogP contribution in [0.15, 0.2) is 18.2 Å². The molecule has 0 unspecified atom stereocenters. The summed E-state index contributed by atoms with van der Waals surface area (Å²) in [6, 6.07) is 5.58. The molecule has 0 heterocycles. The van der Waals surface area contributed by atoms with Crippen LogP contribution in [0, 0.1) is 13.8 Å². The van der Waals surface area contributed by atoms with E-state index in [1.807, 2.05) is 32.9 Å². The molecule has 4 nitrogen and oxygen atoms in total. The molecule has 1 aromatic rings. The van der Waals surface area contributed by atoms with Crippen molar-refractivity contribution in [1.82, 2.24) is 5.32 Å². The largest absolute Gasteiger partial charge is 0.317 e. The smallest absolute Gasteiger partial charge is 0.232 e. The van der Waals surface area contributed by atoms with Crippen LogP contribution in [0.2, 0.25) is 0 Å². The number of benzene rings is 1. The maximum absolute atomic E-state index is 11.8. The van der Waals surface area contributed by atoms with Gasteiger partial charge in [0.15, 0.2) is 0 Å². The van der Waals surface area contributed by atoms with Crippen LogP contribution in [0.4, 0.5) is 5.69 Å². The highest BCUT2D eigenvalue weighted by atomic mass is 32.2. The van der Waals surface area contributed by atoms with Crippen molar-refractivity contribution in [3.8, 4) is 0 Å². The summed E-state index contributed by atoms with van der Waals surface area (Å²) >= 11 is 0. The lowest BCUT2D eigenvalue weighted by atomic mass is 10.1. The highest BCUT2D eigenvalue weighted by Crippen LogP contribution is 2.15. The molecule has 0 aliphatic rings. The van der Waals surface area contributed by atoms with Gasteiger partial charge in [0.2, 0.25) is 10.0 Å². The maximum Gasteiger partial charge on any atom is 0.232 e.